The monoisotopic (exact) mass is 1010 g/mol. The van der Waals surface area contributed by atoms with Crippen LogP contribution in [-0.2, 0) is 0 Å². The summed E-state index contributed by atoms with van der Waals surface area (Å²) in [5.74, 6) is 5.55. The Kier molecular flexibility index (Phi) is 26.8. The van der Waals surface area contributed by atoms with Crippen LogP contribution in [0.25, 0.3) is 10.2 Å². The first-order valence-corrected chi connectivity index (χ1v) is 27.4. The van der Waals surface area contributed by atoms with Crippen LogP contribution < -0.4 is 0 Å². The van der Waals surface area contributed by atoms with E-state index in [2.05, 4.69) is 253 Å². The third-order valence-electron chi connectivity index (χ3n) is 11.4. The van der Waals surface area contributed by atoms with Crippen molar-refractivity contribution >= 4 is 21.6 Å². The highest BCUT2D eigenvalue weighted by Crippen LogP contribution is 2.33. The Balaban J connectivity index is 0.000000297. The molecule has 0 saturated heterocycles. The van der Waals surface area contributed by atoms with Crippen LogP contribution in [0.5, 0.6) is 0 Å². The van der Waals surface area contributed by atoms with Crippen LogP contribution in [0.4, 0.5) is 0 Å². The second-order valence-electron chi connectivity index (χ2n) is 22.1. The molecular formula is C58H95N13S. The van der Waals surface area contributed by atoms with Crippen molar-refractivity contribution in [3.63, 3.8) is 0 Å². The normalized spacial score (nSPS) is 11.4. The van der Waals surface area contributed by atoms with E-state index in [0.717, 1.165) is 28.4 Å². The topological polar surface area (TPSA) is 144 Å². The van der Waals surface area contributed by atoms with Gasteiger partial charge in [-0.1, -0.05) is 142 Å². The van der Waals surface area contributed by atoms with E-state index in [1.165, 1.54) is 32.1 Å². The average molecular weight is 1010 g/mol. The van der Waals surface area contributed by atoms with Crippen LogP contribution in [-0.4, -0.2) is 64.9 Å². The molecule has 0 aliphatic rings. The van der Waals surface area contributed by atoms with Crippen molar-refractivity contribution in [3.8, 4) is 0 Å². The second kappa shape index (κ2) is 30.7. The van der Waals surface area contributed by atoms with E-state index in [1.54, 1.807) is 11.1 Å². The number of rotatable bonds is 12. The summed E-state index contributed by atoms with van der Waals surface area (Å²) in [4.78, 5) is 14.9. The van der Waals surface area contributed by atoms with E-state index < -0.39 is 0 Å². The summed E-state index contributed by atoms with van der Waals surface area (Å²) < 4.78 is 5.14. The van der Waals surface area contributed by atoms with Crippen molar-refractivity contribution in [1.82, 2.24) is 64.9 Å². The van der Waals surface area contributed by atoms with E-state index in [1.807, 2.05) is 45.5 Å². The van der Waals surface area contributed by atoms with Crippen molar-refractivity contribution in [2.45, 2.75) is 238 Å². The fourth-order valence-corrected chi connectivity index (χ4v) is 7.47. The third-order valence-corrected chi connectivity index (χ3v) is 12.8. The maximum atomic E-state index is 4.67. The van der Waals surface area contributed by atoms with E-state index in [9.17, 15) is 0 Å². The van der Waals surface area contributed by atoms with E-state index in [4.69, 9.17) is 0 Å². The molecule has 0 bridgehead atoms. The number of pyridine rings is 1. The lowest BCUT2D eigenvalue weighted by atomic mass is 10.0. The van der Waals surface area contributed by atoms with Gasteiger partial charge < -0.3 is 0 Å². The molecule has 7 aromatic rings. The summed E-state index contributed by atoms with van der Waals surface area (Å²) >= 11 is 1.85. The minimum absolute atomic E-state index is 0.363. The summed E-state index contributed by atoms with van der Waals surface area (Å²) in [5.41, 5.74) is 9.66. The minimum atomic E-state index is 0.363. The molecule has 0 spiro atoms. The molecular weight excluding hydrogens is 911 g/mol. The number of fused-ring (bicyclic) bond motifs is 1. The van der Waals surface area contributed by atoms with Crippen molar-refractivity contribution < 1.29 is 0 Å². The molecule has 0 aliphatic carbocycles. The van der Waals surface area contributed by atoms with Gasteiger partial charge in [-0.05, 0) is 124 Å². The van der Waals surface area contributed by atoms with Crippen molar-refractivity contribution in [2.75, 3.05) is 0 Å². The van der Waals surface area contributed by atoms with Gasteiger partial charge in [0.15, 0.2) is 5.82 Å². The first-order valence-electron chi connectivity index (χ1n) is 26.6. The van der Waals surface area contributed by atoms with Gasteiger partial charge in [0.1, 0.15) is 6.33 Å². The minimum Gasteiger partial charge on any atom is -0.261 e. The number of benzene rings is 1. The Morgan fingerprint density at radius 1 is 0.472 bits per heavy atom. The second-order valence-corrected chi connectivity index (χ2v) is 23.2. The number of thiazole rings is 1. The third kappa shape index (κ3) is 21.1. The highest BCUT2D eigenvalue weighted by atomic mass is 32.1. The molecule has 0 aliphatic heterocycles. The number of hydrogen-bond donors (Lipinski definition) is 0. The molecule has 0 amide bonds. The van der Waals surface area contributed by atoms with Gasteiger partial charge in [-0.2, -0.15) is 30.3 Å². The van der Waals surface area contributed by atoms with Gasteiger partial charge in [0.2, 0.25) is 0 Å². The quantitative estimate of drug-likeness (QED) is 0.116. The van der Waals surface area contributed by atoms with Gasteiger partial charge >= 0.3 is 0 Å². The van der Waals surface area contributed by atoms with Crippen LogP contribution in [0.15, 0.2) is 67.5 Å². The van der Waals surface area contributed by atoms with Crippen molar-refractivity contribution in [3.05, 3.63) is 118 Å². The molecule has 0 atom stereocenters. The zero-order valence-electron chi connectivity index (χ0n) is 49.0. The molecule has 1 aromatic carbocycles. The van der Waals surface area contributed by atoms with E-state index in [-0.39, 0.29) is 0 Å². The predicted octanol–water partition coefficient (Wildman–Crippen LogP) is 16.5. The highest BCUT2D eigenvalue weighted by Gasteiger charge is 2.13. The zero-order valence-corrected chi connectivity index (χ0v) is 49.8. The Hall–Kier alpha value is -5.24. The van der Waals surface area contributed by atoms with Gasteiger partial charge in [-0.3, -0.25) is 9.67 Å². The lowest BCUT2D eigenvalue weighted by molar-refractivity contribution is 0.461. The summed E-state index contributed by atoms with van der Waals surface area (Å²) in [7, 11) is 0. The number of hydrogen-bond acceptors (Lipinski definition) is 11. The van der Waals surface area contributed by atoms with Gasteiger partial charge in [-0.15, -0.1) is 16.4 Å². The fourth-order valence-electron chi connectivity index (χ4n) is 6.24. The molecule has 6 heterocycles. The SMILES string of the molecule is CC(C)c1ccnc(C(C)C)c1.CC(C)c1cn(C(C)C)nn1.CC(C)c1cnn(C(C)C)n1.CC(C)c1cnnc(C(C)C)c1.CC(C)c1nc2cccc(C(C)C)c2s1.CC(C)c1ncn(C(C)C)n1. The van der Waals surface area contributed by atoms with Crippen LogP contribution >= 0.6 is 11.3 Å². The first-order chi connectivity index (χ1) is 33.6. The van der Waals surface area contributed by atoms with E-state index in [0.29, 0.717) is 71.4 Å². The van der Waals surface area contributed by atoms with Crippen molar-refractivity contribution in [2.24, 2.45) is 0 Å². The number of nitrogens with zero attached hydrogens (tertiary/aromatic N) is 13. The molecule has 0 radical (unpaired) electrons. The summed E-state index contributed by atoms with van der Waals surface area (Å²) in [6.45, 7) is 51.4. The van der Waals surface area contributed by atoms with E-state index >= 15 is 0 Å². The number of aromatic nitrogens is 13. The van der Waals surface area contributed by atoms with Crippen LogP contribution in [0.1, 0.15) is 288 Å². The molecule has 0 fully saturated rings. The maximum absolute atomic E-state index is 4.67. The Morgan fingerprint density at radius 3 is 1.47 bits per heavy atom. The van der Waals surface area contributed by atoms with Gasteiger partial charge in [-0.25, -0.2) is 14.6 Å². The molecule has 0 unspecified atom stereocenters. The molecule has 7 rings (SSSR count). The summed E-state index contributed by atoms with van der Waals surface area (Å²) in [6, 6.07) is 14.1. The summed E-state index contributed by atoms with van der Waals surface area (Å²) in [5, 5.41) is 30.1. The van der Waals surface area contributed by atoms with Gasteiger partial charge in [0.25, 0.3) is 0 Å². The average Bonchev–Trinajstić information content (AvgIpc) is 4.17. The maximum Gasteiger partial charge on any atom is 0.153 e. The van der Waals surface area contributed by atoms with Gasteiger partial charge in [0, 0.05) is 42.0 Å². The molecule has 6 aromatic heterocycles. The fraction of sp³-hybridized carbons (Fsp3) is 0.621. The van der Waals surface area contributed by atoms with Crippen LogP contribution in [0.3, 0.4) is 0 Å². The zero-order chi connectivity index (χ0) is 54.6. The molecule has 398 valence electrons. The molecule has 14 heteroatoms. The van der Waals surface area contributed by atoms with Gasteiger partial charge in [0.05, 0.1) is 50.7 Å². The smallest absolute Gasteiger partial charge is 0.153 e. The van der Waals surface area contributed by atoms with Crippen LogP contribution in [0.2, 0.25) is 0 Å². The Labute approximate surface area is 439 Å². The Bertz CT molecular complexity index is 2260. The Morgan fingerprint density at radius 2 is 1.06 bits per heavy atom. The standard InChI is InChI=1S/C13H17NS.C11H17N.C10H16N2.3C8H15N3/c1-8(2)10-6-5-7-11-12(10)15-13(14-11)9(3)4;1-8(2)10-5-6-12-11(7-10)9(3)4;1-7(2)9-5-10(8(3)4)12-11-6-9;1-6(2)8-9-5-11(10-8)7(3)4;1-6(2)8-5-11(7(3)4)10-9-8;1-6(2)8-5-9-11(10-8)7(3)4/h5-9H,1-4H3;5-9H,1-4H3;5-8H,1-4H3;3*5-7H,1-4H3. The molecule has 0 saturated carbocycles. The predicted molar refractivity (Wildman–Crippen MR) is 304 cm³/mol. The largest absolute Gasteiger partial charge is 0.261 e. The molecule has 0 N–H and O–H groups in total. The van der Waals surface area contributed by atoms with Crippen LogP contribution in [0, 0.1) is 0 Å². The lowest BCUT2D eigenvalue weighted by Gasteiger charge is -2.08. The molecule has 72 heavy (non-hydrogen) atoms. The van der Waals surface area contributed by atoms with Crippen molar-refractivity contribution in [1.29, 1.82) is 0 Å². The first kappa shape index (κ1) is 62.9. The molecule has 13 nitrogen and oxygen atoms in total. The highest BCUT2D eigenvalue weighted by molar-refractivity contribution is 7.18. The summed E-state index contributed by atoms with van der Waals surface area (Å²) in [6.07, 6.45) is 9.39. The lowest BCUT2D eigenvalue weighted by Crippen LogP contribution is -2.05.